The van der Waals surface area contributed by atoms with Crippen molar-refractivity contribution in [3.63, 3.8) is 0 Å². The molecule has 1 aliphatic heterocycles. The van der Waals surface area contributed by atoms with Crippen LogP contribution in [0.25, 0.3) is 0 Å². The molecule has 12 heteroatoms. The number of hydrogen-bond donors (Lipinski definition) is 2. The van der Waals surface area contributed by atoms with E-state index in [1.54, 1.807) is 0 Å². The van der Waals surface area contributed by atoms with Crippen LogP contribution >= 0.6 is 0 Å². The summed E-state index contributed by atoms with van der Waals surface area (Å²) in [6.07, 6.45) is -4.31. The maximum Gasteiger partial charge on any atom is 0.573 e. The number of benzene rings is 1. The van der Waals surface area contributed by atoms with Gasteiger partial charge in [0, 0.05) is 24.8 Å². The lowest BCUT2D eigenvalue weighted by atomic mass is 10.1. The van der Waals surface area contributed by atoms with Gasteiger partial charge in [0.2, 0.25) is 0 Å². The molecular weight excluding hydrogens is 370 g/mol. The number of halogens is 4. The van der Waals surface area contributed by atoms with Crippen LogP contribution in [0.5, 0.6) is 5.75 Å². The summed E-state index contributed by atoms with van der Waals surface area (Å²) in [5.41, 5.74) is 0.246. The average Bonchev–Trinajstić information content (AvgIpc) is 2.47. The van der Waals surface area contributed by atoms with Gasteiger partial charge in [-0.25, -0.2) is 4.79 Å². The summed E-state index contributed by atoms with van der Waals surface area (Å²) in [6, 6.07) is 3.62. The molecule has 0 unspecified atom stereocenters. The first kappa shape index (κ1) is 19.2. The highest BCUT2D eigenvalue weighted by Gasteiger charge is 2.31. The highest BCUT2D eigenvalue weighted by atomic mass is 32.3. The van der Waals surface area contributed by atoms with E-state index in [1.165, 1.54) is 12.1 Å². The number of anilines is 1. The van der Waals surface area contributed by atoms with E-state index >= 15 is 0 Å². The summed E-state index contributed by atoms with van der Waals surface area (Å²) in [7, 11) is -4.73. The van der Waals surface area contributed by atoms with E-state index < -0.39 is 28.6 Å². The van der Waals surface area contributed by atoms with Crippen LogP contribution in [0, 0.1) is 0 Å². The van der Waals surface area contributed by atoms with E-state index in [9.17, 15) is 30.3 Å². The van der Waals surface area contributed by atoms with Gasteiger partial charge in [-0.2, -0.15) is 12.7 Å². The zero-order valence-electron chi connectivity index (χ0n) is 12.7. The van der Waals surface area contributed by atoms with Crippen molar-refractivity contribution in [2.45, 2.75) is 25.2 Å². The molecule has 0 aliphatic carbocycles. The molecule has 1 saturated heterocycles. The minimum atomic E-state index is -4.80. The minimum Gasteiger partial charge on any atom is -0.406 e. The topological polar surface area (TPSA) is 87.7 Å². The molecule has 140 valence electrons. The van der Waals surface area contributed by atoms with Crippen LogP contribution < -0.4 is 15.4 Å². The van der Waals surface area contributed by atoms with Gasteiger partial charge in [-0.05, 0) is 37.1 Å². The van der Waals surface area contributed by atoms with Crippen molar-refractivity contribution < 1.29 is 35.0 Å². The third-order valence-electron chi connectivity index (χ3n) is 3.44. The fraction of sp³-hybridized carbons (Fsp3) is 0.462. The first-order valence-corrected chi connectivity index (χ1v) is 8.50. The smallest absolute Gasteiger partial charge is 0.406 e. The maximum atomic E-state index is 12.8. The Balaban J connectivity index is 1.81. The predicted octanol–water partition coefficient (Wildman–Crippen LogP) is 2.39. The summed E-state index contributed by atoms with van der Waals surface area (Å²) < 4.78 is 74.8. The van der Waals surface area contributed by atoms with Crippen molar-refractivity contribution >= 4 is 22.1 Å². The zero-order valence-corrected chi connectivity index (χ0v) is 13.5. The molecule has 7 nitrogen and oxygen atoms in total. The number of urea groups is 1. The number of piperidine rings is 1. The van der Waals surface area contributed by atoms with Gasteiger partial charge in [0.25, 0.3) is 0 Å². The van der Waals surface area contributed by atoms with E-state index in [-0.39, 0.29) is 37.7 Å². The zero-order chi connectivity index (χ0) is 18.7. The van der Waals surface area contributed by atoms with Crippen LogP contribution in [-0.2, 0) is 10.4 Å². The summed E-state index contributed by atoms with van der Waals surface area (Å²) in [5, 5.41) is 5.01. The SMILES string of the molecule is O=C(Nc1ccc(OC(F)(F)F)cc1)NC1CCN(S(=O)(=O)F)CC1. The third-order valence-corrected chi connectivity index (χ3v) is 4.43. The van der Waals surface area contributed by atoms with Crippen LogP contribution in [0.1, 0.15) is 12.8 Å². The molecular formula is C13H15F4N3O4S. The Bertz CT molecular complexity index is 701. The highest BCUT2D eigenvalue weighted by molar-refractivity contribution is 7.83. The van der Waals surface area contributed by atoms with Crippen molar-refractivity contribution in [2.75, 3.05) is 18.4 Å². The summed E-state index contributed by atoms with van der Waals surface area (Å²) in [6.45, 7) is -0.0967. The second-order valence-corrected chi connectivity index (χ2v) is 6.63. The summed E-state index contributed by atoms with van der Waals surface area (Å²) in [5.74, 6) is -0.418. The average molecular weight is 385 g/mol. The van der Waals surface area contributed by atoms with Crippen molar-refractivity contribution in [2.24, 2.45) is 0 Å². The first-order valence-electron chi connectivity index (χ1n) is 7.16. The van der Waals surface area contributed by atoms with Crippen molar-refractivity contribution in [3.05, 3.63) is 24.3 Å². The third kappa shape index (κ3) is 6.38. The van der Waals surface area contributed by atoms with Crippen molar-refractivity contribution in [3.8, 4) is 5.75 Å². The summed E-state index contributed by atoms with van der Waals surface area (Å²) in [4.78, 5) is 11.8. The van der Waals surface area contributed by atoms with Gasteiger partial charge >= 0.3 is 22.8 Å². The largest absolute Gasteiger partial charge is 0.573 e. The van der Waals surface area contributed by atoms with E-state index in [0.717, 1.165) is 12.1 Å². The number of carbonyl (C=O) groups excluding carboxylic acids is 1. The number of hydrogen-bond acceptors (Lipinski definition) is 4. The van der Waals surface area contributed by atoms with Gasteiger partial charge in [-0.3, -0.25) is 0 Å². The molecule has 0 radical (unpaired) electrons. The van der Waals surface area contributed by atoms with Crippen LogP contribution in [0.15, 0.2) is 24.3 Å². The molecule has 2 rings (SSSR count). The molecule has 1 fully saturated rings. The molecule has 2 N–H and O–H groups in total. The molecule has 0 spiro atoms. The molecule has 1 aromatic carbocycles. The first-order chi connectivity index (χ1) is 11.5. The quantitative estimate of drug-likeness (QED) is 0.615. The summed E-state index contributed by atoms with van der Waals surface area (Å²) >= 11 is 0. The highest BCUT2D eigenvalue weighted by Crippen LogP contribution is 2.24. The molecule has 25 heavy (non-hydrogen) atoms. The lowest BCUT2D eigenvalue weighted by Crippen LogP contribution is -2.46. The van der Waals surface area contributed by atoms with E-state index in [1.807, 2.05) is 0 Å². The Hall–Kier alpha value is -2.08. The van der Waals surface area contributed by atoms with E-state index in [0.29, 0.717) is 4.31 Å². The van der Waals surface area contributed by atoms with Crippen LogP contribution in [-0.4, -0.2) is 44.2 Å². The lowest BCUT2D eigenvalue weighted by Gasteiger charge is -2.29. The number of rotatable bonds is 4. The molecule has 2 amide bonds. The van der Waals surface area contributed by atoms with Gasteiger partial charge < -0.3 is 15.4 Å². The fourth-order valence-corrected chi connectivity index (χ4v) is 2.96. The minimum absolute atomic E-state index is 0.0484. The van der Waals surface area contributed by atoms with Crippen molar-refractivity contribution in [1.82, 2.24) is 9.62 Å². The standard InChI is InChI=1S/C13H15F4N3O4S/c14-13(15,16)24-11-3-1-9(2-4-11)18-12(21)19-10-5-7-20(8-6-10)25(17,22)23/h1-4,10H,5-8H2,(H2,18,19,21). The van der Waals surface area contributed by atoms with Gasteiger partial charge in [0.05, 0.1) is 0 Å². The molecule has 1 aliphatic rings. The van der Waals surface area contributed by atoms with Crippen molar-refractivity contribution in [1.29, 1.82) is 0 Å². The number of nitrogens with one attached hydrogen (secondary N) is 2. The molecule has 0 saturated carbocycles. The second kappa shape index (κ2) is 7.44. The molecule has 0 atom stereocenters. The van der Waals surface area contributed by atoms with E-state index in [2.05, 4.69) is 15.4 Å². The number of carbonyl (C=O) groups is 1. The van der Waals surface area contributed by atoms with Gasteiger partial charge in [0.1, 0.15) is 5.75 Å². The second-order valence-electron chi connectivity index (χ2n) is 5.29. The molecule has 0 bridgehead atoms. The number of nitrogens with zero attached hydrogens (tertiary/aromatic N) is 1. The molecule has 0 aromatic heterocycles. The number of ether oxygens (including phenoxy) is 1. The van der Waals surface area contributed by atoms with Crippen LogP contribution in [0.4, 0.5) is 27.5 Å². The van der Waals surface area contributed by atoms with Crippen LogP contribution in [0.3, 0.4) is 0 Å². The van der Waals surface area contributed by atoms with Gasteiger partial charge in [-0.1, -0.05) is 3.89 Å². The fourth-order valence-electron chi connectivity index (χ4n) is 2.31. The van der Waals surface area contributed by atoms with Gasteiger partial charge in [-0.15, -0.1) is 13.2 Å². The predicted molar refractivity (Wildman–Crippen MR) is 79.9 cm³/mol. The normalized spacial score (nSPS) is 17.1. The molecule has 1 heterocycles. The number of alkyl halides is 3. The van der Waals surface area contributed by atoms with Gasteiger partial charge in [0.15, 0.2) is 0 Å². The Morgan fingerprint density at radius 2 is 1.72 bits per heavy atom. The number of amides is 2. The Morgan fingerprint density at radius 3 is 2.20 bits per heavy atom. The Labute approximate surface area is 141 Å². The molecule has 1 aromatic rings. The lowest BCUT2D eigenvalue weighted by molar-refractivity contribution is -0.274. The monoisotopic (exact) mass is 385 g/mol. The van der Waals surface area contributed by atoms with E-state index in [4.69, 9.17) is 0 Å². The Kier molecular flexibility index (Phi) is 5.72. The van der Waals surface area contributed by atoms with Crippen LogP contribution in [0.2, 0.25) is 0 Å². The Morgan fingerprint density at radius 1 is 1.16 bits per heavy atom. The maximum absolute atomic E-state index is 12.8.